The molecule has 152 valence electrons. The summed E-state index contributed by atoms with van der Waals surface area (Å²) >= 11 is 14.2. The number of hydrogen-bond acceptors (Lipinski definition) is 4. The Kier molecular flexibility index (Phi) is 6.38. The molecule has 1 N–H and O–H groups in total. The van der Waals surface area contributed by atoms with E-state index in [-0.39, 0.29) is 12.2 Å². The van der Waals surface area contributed by atoms with E-state index in [4.69, 9.17) is 16.0 Å². The van der Waals surface area contributed by atoms with E-state index in [9.17, 15) is 9.59 Å². The van der Waals surface area contributed by atoms with Gasteiger partial charge in [-0.2, -0.15) is 0 Å². The molecule has 0 saturated carbocycles. The number of imide groups is 1. The molecular formula is C21H13Br2ClN2O3S. The van der Waals surface area contributed by atoms with Gasteiger partial charge in [-0.1, -0.05) is 51.4 Å². The third kappa shape index (κ3) is 4.83. The van der Waals surface area contributed by atoms with Crippen molar-refractivity contribution >= 4 is 73.2 Å². The van der Waals surface area contributed by atoms with Crippen LogP contribution in [0.5, 0.6) is 0 Å². The molecule has 9 heteroatoms. The highest BCUT2D eigenvalue weighted by Gasteiger charge is 2.33. The topological polar surface area (TPSA) is 62.6 Å². The number of halogens is 3. The molecule has 1 aliphatic heterocycles. The minimum absolute atomic E-state index is 0.168. The third-order valence-electron chi connectivity index (χ3n) is 4.20. The van der Waals surface area contributed by atoms with Gasteiger partial charge in [0.25, 0.3) is 5.91 Å². The molecule has 1 fully saturated rings. The maximum Gasteiger partial charge on any atom is 0.329 e. The number of carbonyl (C=O) groups excluding carboxylic acids is 2. The number of nitrogens with one attached hydrogen (secondary N) is 1. The average Bonchev–Trinajstić information content (AvgIpc) is 3.19. The van der Waals surface area contributed by atoms with E-state index in [0.29, 0.717) is 15.9 Å². The number of hydrogen-bond donors (Lipinski definition) is 1. The molecule has 30 heavy (non-hydrogen) atoms. The molecule has 0 atom stereocenters. The van der Waals surface area contributed by atoms with Gasteiger partial charge in [-0.25, -0.2) is 4.79 Å². The molecule has 2 aromatic carbocycles. The highest BCUT2D eigenvalue weighted by molar-refractivity contribution is 9.10. The summed E-state index contributed by atoms with van der Waals surface area (Å²) in [6.45, 7) is 0.189. The zero-order valence-electron chi connectivity index (χ0n) is 15.2. The fraction of sp³-hybridized carbons (Fsp3) is 0.0476. The van der Waals surface area contributed by atoms with Gasteiger partial charge in [0, 0.05) is 20.5 Å². The summed E-state index contributed by atoms with van der Waals surface area (Å²) in [5.41, 5.74) is 1.02. The molecule has 0 spiro atoms. The fourth-order valence-electron chi connectivity index (χ4n) is 2.75. The quantitative estimate of drug-likeness (QED) is 0.275. The molecular weight excluding hydrogens is 556 g/mol. The van der Waals surface area contributed by atoms with E-state index < -0.39 is 11.9 Å². The molecule has 1 saturated heterocycles. The van der Waals surface area contributed by atoms with Crippen molar-refractivity contribution in [2.24, 2.45) is 0 Å². The maximum absolute atomic E-state index is 12.7. The molecule has 0 unspecified atom stereocenters. The first-order chi connectivity index (χ1) is 14.4. The number of carbonyl (C=O) groups is 2. The van der Waals surface area contributed by atoms with Gasteiger partial charge in [0.05, 0.1) is 11.0 Å². The number of rotatable bonds is 5. The summed E-state index contributed by atoms with van der Waals surface area (Å²) in [7, 11) is 0. The van der Waals surface area contributed by atoms with E-state index in [1.165, 1.54) is 17.8 Å². The van der Waals surface area contributed by atoms with Crippen LogP contribution in [0.15, 0.2) is 83.6 Å². The van der Waals surface area contributed by atoms with Crippen LogP contribution in [-0.2, 0) is 11.3 Å². The normalized spacial score (nSPS) is 15.2. The van der Waals surface area contributed by atoms with Gasteiger partial charge in [0.2, 0.25) is 0 Å². The molecule has 1 aromatic heterocycles. The Balaban J connectivity index is 1.50. The molecule has 0 aliphatic carbocycles. The van der Waals surface area contributed by atoms with Crippen molar-refractivity contribution in [1.82, 2.24) is 10.2 Å². The van der Waals surface area contributed by atoms with Crippen LogP contribution < -0.4 is 5.32 Å². The van der Waals surface area contributed by atoms with E-state index in [0.717, 1.165) is 24.3 Å². The standard InChI is InChI=1S/C21H13Br2ClN2O3S/c22-13-3-1-12(2-4-13)11-26-19(27)18(25-21(26)28)10-15-9-17(23)20(29-15)30-16-7-5-14(24)6-8-16/h1-10H,11H2,(H,25,28)/b18-10+. The number of benzene rings is 2. The lowest BCUT2D eigenvalue weighted by molar-refractivity contribution is -0.123. The van der Waals surface area contributed by atoms with Gasteiger partial charge in [0.1, 0.15) is 11.5 Å². The Morgan fingerprint density at radius 3 is 2.47 bits per heavy atom. The first-order valence-corrected chi connectivity index (χ1v) is 11.5. The Bertz CT molecular complexity index is 1140. The Hall–Kier alpha value is -2.00. The van der Waals surface area contributed by atoms with Crippen LogP contribution in [0, 0.1) is 0 Å². The van der Waals surface area contributed by atoms with Crippen LogP contribution in [0.3, 0.4) is 0 Å². The van der Waals surface area contributed by atoms with Gasteiger partial charge in [-0.05, 0) is 64.0 Å². The predicted octanol–water partition coefficient (Wildman–Crippen LogP) is 6.70. The fourth-order valence-corrected chi connectivity index (χ4v) is 4.47. The Morgan fingerprint density at radius 1 is 1.07 bits per heavy atom. The monoisotopic (exact) mass is 566 g/mol. The van der Waals surface area contributed by atoms with Gasteiger partial charge >= 0.3 is 6.03 Å². The Morgan fingerprint density at radius 2 is 1.77 bits per heavy atom. The summed E-state index contributed by atoms with van der Waals surface area (Å²) in [5, 5.41) is 3.90. The second-order valence-electron chi connectivity index (χ2n) is 6.35. The summed E-state index contributed by atoms with van der Waals surface area (Å²) in [6.07, 6.45) is 1.53. The van der Waals surface area contributed by atoms with E-state index in [2.05, 4.69) is 37.2 Å². The van der Waals surface area contributed by atoms with Gasteiger partial charge < -0.3 is 9.73 Å². The molecule has 0 bridgehead atoms. The van der Waals surface area contributed by atoms with E-state index in [1.54, 1.807) is 18.2 Å². The maximum atomic E-state index is 12.7. The molecule has 4 rings (SSSR count). The van der Waals surface area contributed by atoms with Crippen molar-refractivity contribution in [3.05, 3.63) is 85.6 Å². The number of furan rings is 1. The summed E-state index contributed by atoms with van der Waals surface area (Å²) in [5.74, 6) is 0.0508. The van der Waals surface area contributed by atoms with Crippen molar-refractivity contribution in [3.63, 3.8) is 0 Å². The second-order valence-corrected chi connectivity index (χ2v) is 9.60. The first kappa shape index (κ1) is 21.2. The minimum Gasteiger partial charge on any atom is -0.449 e. The Labute approximate surface area is 198 Å². The van der Waals surface area contributed by atoms with Gasteiger partial charge in [-0.15, -0.1) is 0 Å². The molecule has 3 aromatic rings. The second kappa shape index (κ2) is 9.01. The number of amides is 3. The van der Waals surface area contributed by atoms with Crippen LogP contribution >= 0.6 is 55.2 Å². The van der Waals surface area contributed by atoms with Crippen molar-refractivity contribution in [1.29, 1.82) is 0 Å². The number of nitrogens with zero attached hydrogens (tertiary/aromatic N) is 1. The lowest BCUT2D eigenvalue weighted by Gasteiger charge is -2.11. The van der Waals surface area contributed by atoms with Crippen LogP contribution in [0.2, 0.25) is 5.02 Å². The SMILES string of the molecule is O=C1N/C(=C/c2cc(Br)c(Sc3ccc(Cl)cc3)o2)C(=O)N1Cc1ccc(Br)cc1. The zero-order chi connectivity index (χ0) is 21.3. The summed E-state index contributed by atoms with van der Waals surface area (Å²) in [4.78, 5) is 27.1. The lowest BCUT2D eigenvalue weighted by Crippen LogP contribution is -2.30. The zero-order valence-corrected chi connectivity index (χ0v) is 19.9. The average molecular weight is 569 g/mol. The minimum atomic E-state index is -0.462. The lowest BCUT2D eigenvalue weighted by atomic mass is 10.2. The molecule has 5 nitrogen and oxygen atoms in total. The third-order valence-corrected chi connectivity index (χ3v) is 6.83. The van der Waals surface area contributed by atoms with Gasteiger partial charge in [-0.3, -0.25) is 9.69 Å². The van der Waals surface area contributed by atoms with Crippen molar-refractivity contribution < 1.29 is 14.0 Å². The van der Waals surface area contributed by atoms with Gasteiger partial charge in [0.15, 0.2) is 5.09 Å². The van der Waals surface area contributed by atoms with Crippen molar-refractivity contribution in [3.8, 4) is 0 Å². The van der Waals surface area contributed by atoms with Crippen LogP contribution in [0.4, 0.5) is 4.79 Å². The highest BCUT2D eigenvalue weighted by atomic mass is 79.9. The van der Waals surface area contributed by atoms with Crippen LogP contribution in [-0.4, -0.2) is 16.8 Å². The summed E-state index contributed by atoms with van der Waals surface area (Å²) in [6, 6.07) is 16.1. The summed E-state index contributed by atoms with van der Waals surface area (Å²) < 4.78 is 7.52. The van der Waals surface area contributed by atoms with Crippen molar-refractivity contribution in [2.75, 3.05) is 0 Å². The predicted molar refractivity (Wildman–Crippen MR) is 123 cm³/mol. The highest BCUT2D eigenvalue weighted by Crippen LogP contribution is 2.37. The van der Waals surface area contributed by atoms with E-state index in [1.807, 2.05) is 36.4 Å². The largest absolute Gasteiger partial charge is 0.449 e. The number of urea groups is 1. The van der Waals surface area contributed by atoms with Crippen LogP contribution in [0.25, 0.3) is 6.08 Å². The smallest absolute Gasteiger partial charge is 0.329 e. The molecule has 3 amide bonds. The molecule has 1 aliphatic rings. The van der Waals surface area contributed by atoms with Crippen LogP contribution in [0.1, 0.15) is 11.3 Å². The first-order valence-electron chi connectivity index (χ1n) is 8.71. The van der Waals surface area contributed by atoms with Crippen molar-refractivity contribution in [2.45, 2.75) is 16.5 Å². The molecule has 0 radical (unpaired) electrons. The molecule has 2 heterocycles. The van der Waals surface area contributed by atoms with E-state index >= 15 is 0 Å².